The van der Waals surface area contributed by atoms with Gasteiger partial charge in [0.05, 0.1) is 22.7 Å². The maximum Gasteiger partial charge on any atom is 0.0991 e. The van der Waals surface area contributed by atoms with E-state index < -0.39 is 5.41 Å². The minimum Gasteiger partial charge on any atom is -0.256 e. The Balaban J connectivity index is 1.53. The van der Waals surface area contributed by atoms with Crippen LogP contribution >= 0.6 is 0 Å². The van der Waals surface area contributed by atoms with Crippen molar-refractivity contribution in [2.24, 2.45) is 0 Å². The zero-order valence-corrected chi connectivity index (χ0v) is 25.6. The molecule has 0 saturated heterocycles. The molecule has 2 heteroatoms. The Morgan fingerprint density at radius 1 is 0.511 bits per heavy atom. The average molecular weight is 597 g/mol. The van der Waals surface area contributed by atoms with Crippen LogP contribution in [0.5, 0.6) is 0 Å². The Bertz CT molecular complexity index is 2450. The van der Waals surface area contributed by atoms with Crippen LogP contribution in [0.4, 0.5) is 0 Å². The van der Waals surface area contributed by atoms with E-state index in [0.717, 1.165) is 16.8 Å². The lowest BCUT2D eigenvalue weighted by molar-refractivity contribution is 0.757. The molecule has 9 rings (SSSR count). The summed E-state index contributed by atoms with van der Waals surface area (Å²) in [5, 5.41) is 14.4. The Morgan fingerprint density at radius 2 is 1.15 bits per heavy atom. The third-order valence-corrected chi connectivity index (χ3v) is 9.82. The normalized spacial score (nSPS) is 12.8. The molecule has 1 aromatic heterocycles. The Labute approximate surface area is 273 Å². The van der Waals surface area contributed by atoms with Gasteiger partial charge in [-0.1, -0.05) is 133 Å². The number of nitrogens with zero attached hydrogens (tertiary/aromatic N) is 2. The van der Waals surface area contributed by atoms with Crippen LogP contribution in [0.1, 0.15) is 27.8 Å². The van der Waals surface area contributed by atoms with Crippen LogP contribution < -0.4 is 0 Å². The topological polar surface area (TPSA) is 36.7 Å². The van der Waals surface area contributed by atoms with Gasteiger partial charge >= 0.3 is 0 Å². The van der Waals surface area contributed by atoms with Crippen LogP contribution in [0.15, 0.2) is 170 Å². The van der Waals surface area contributed by atoms with Crippen molar-refractivity contribution in [3.63, 3.8) is 0 Å². The number of hydrogen-bond acceptors (Lipinski definition) is 2. The molecule has 0 aliphatic heterocycles. The molecule has 0 fully saturated rings. The summed E-state index contributed by atoms with van der Waals surface area (Å²) in [4.78, 5) is 4.73. The van der Waals surface area contributed by atoms with Crippen LogP contribution in [0.3, 0.4) is 0 Å². The van der Waals surface area contributed by atoms with Crippen molar-refractivity contribution in [3.8, 4) is 39.6 Å². The van der Waals surface area contributed by atoms with Crippen molar-refractivity contribution < 1.29 is 0 Å². The number of aromatic nitrogens is 1. The fourth-order valence-electron chi connectivity index (χ4n) is 7.93. The molecule has 7 aromatic carbocycles. The molecule has 8 aromatic rings. The van der Waals surface area contributed by atoms with E-state index in [1.54, 1.807) is 0 Å². The van der Waals surface area contributed by atoms with Crippen molar-refractivity contribution >= 4 is 21.5 Å². The molecule has 0 spiro atoms. The van der Waals surface area contributed by atoms with E-state index in [-0.39, 0.29) is 0 Å². The molecule has 1 aliphatic rings. The fraction of sp³-hybridized carbons (Fsp3) is 0.0222. The lowest BCUT2D eigenvalue weighted by atomic mass is 9.58. The van der Waals surface area contributed by atoms with Gasteiger partial charge in [0.2, 0.25) is 0 Å². The molecule has 0 N–H and O–H groups in total. The second-order valence-corrected chi connectivity index (χ2v) is 12.2. The first-order valence-electron chi connectivity index (χ1n) is 15.9. The first-order chi connectivity index (χ1) is 23.3. The smallest absolute Gasteiger partial charge is 0.0991 e. The van der Waals surface area contributed by atoms with E-state index in [0.29, 0.717) is 5.56 Å². The summed E-state index contributed by atoms with van der Waals surface area (Å²) in [5.41, 5.74) is 11.8. The van der Waals surface area contributed by atoms with E-state index in [4.69, 9.17) is 4.98 Å². The highest BCUT2D eigenvalue weighted by Gasteiger charge is 2.45. The first kappa shape index (κ1) is 27.0. The van der Waals surface area contributed by atoms with Gasteiger partial charge < -0.3 is 0 Å². The van der Waals surface area contributed by atoms with E-state index in [2.05, 4.69) is 146 Å². The SMILES string of the molecule is N#Cc1ccc(-c2c3ccccc3c3c4c(cccc24)-c2cc(-c4ccccn4)ccc2C3(c2ccccc2)c2ccccc2)cc1. The van der Waals surface area contributed by atoms with Gasteiger partial charge in [0.25, 0.3) is 0 Å². The third-order valence-electron chi connectivity index (χ3n) is 9.82. The lowest BCUT2D eigenvalue weighted by Crippen LogP contribution is -2.34. The molecular formula is C45H28N2. The van der Waals surface area contributed by atoms with Gasteiger partial charge in [0.15, 0.2) is 0 Å². The van der Waals surface area contributed by atoms with Crippen molar-refractivity contribution in [1.29, 1.82) is 5.26 Å². The zero-order valence-electron chi connectivity index (χ0n) is 25.6. The van der Waals surface area contributed by atoms with Crippen LogP contribution in [0.25, 0.3) is 55.1 Å². The van der Waals surface area contributed by atoms with Crippen LogP contribution in [0, 0.1) is 11.3 Å². The predicted octanol–water partition coefficient (Wildman–Crippen LogP) is 11.0. The highest BCUT2D eigenvalue weighted by atomic mass is 14.7. The number of benzene rings is 7. The molecule has 1 aliphatic carbocycles. The molecular weight excluding hydrogens is 569 g/mol. The number of rotatable bonds is 4. The predicted molar refractivity (Wildman–Crippen MR) is 192 cm³/mol. The van der Waals surface area contributed by atoms with Gasteiger partial charge in [-0.3, -0.25) is 4.98 Å². The third kappa shape index (κ3) is 3.94. The van der Waals surface area contributed by atoms with E-state index in [9.17, 15) is 5.26 Å². The molecule has 1 heterocycles. The molecule has 0 unspecified atom stereocenters. The largest absolute Gasteiger partial charge is 0.256 e. The Kier molecular flexibility index (Phi) is 6.13. The van der Waals surface area contributed by atoms with E-state index in [1.165, 1.54) is 60.5 Å². The van der Waals surface area contributed by atoms with Gasteiger partial charge in [-0.05, 0) is 96.4 Å². The molecule has 2 nitrogen and oxygen atoms in total. The first-order valence-corrected chi connectivity index (χ1v) is 15.9. The van der Waals surface area contributed by atoms with Crippen molar-refractivity contribution in [1.82, 2.24) is 4.98 Å². The summed E-state index contributed by atoms with van der Waals surface area (Å²) in [7, 11) is 0. The molecule has 0 amide bonds. The minimum atomic E-state index is -0.601. The Hall–Kier alpha value is -6.30. The van der Waals surface area contributed by atoms with Crippen molar-refractivity contribution in [2.75, 3.05) is 0 Å². The van der Waals surface area contributed by atoms with Crippen LogP contribution in [0.2, 0.25) is 0 Å². The fourth-order valence-corrected chi connectivity index (χ4v) is 7.93. The van der Waals surface area contributed by atoms with Gasteiger partial charge in [0, 0.05) is 11.8 Å². The van der Waals surface area contributed by atoms with Crippen molar-refractivity contribution in [2.45, 2.75) is 5.41 Å². The molecule has 0 atom stereocenters. The molecule has 0 bridgehead atoms. The zero-order chi connectivity index (χ0) is 31.4. The summed E-state index contributed by atoms with van der Waals surface area (Å²) in [6, 6.07) is 60.9. The van der Waals surface area contributed by atoms with Gasteiger partial charge in [-0.25, -0.2) is 0 Å². The minimum absolute atomic E-state index is 0.601. The van der Waals surface area contributed by atoms with Crippen molar-refractivity contribution in [3.05, 3.63) is 198 Å². The van der Waals surface area contributed by atoms with Gasteiger partial charge in [0.1, 0.15) is 0 Å². The van der Waals surface area contributed by atoms with Gasteiger partial charge in [-0.15, -0.1) is 0 Å². The molecule has 0 radical (unpaired) electrons. The standard InChI is InChI=1S/C45H28N2/c46-29-30-21-23-31(24-22-30)42-35-16-7-8-17-37(35)44-43-36(18-11-19-38(42)43)39-28-32(41-20-9-10-27-47-41)25-26-40(39)45(44,33-12-3-1-4-13-33)34-14-5-2-6-15-34/h1-28H. The molecule has 0 saturated carbocycles. The van der Waals surface area contributed by atoms with Gasteiger partial charge in [-0.2, -0.15) is 5.26 Å². The maximum atomic E-state index is 9.57. The second-order valence-electron chi connectivity index (χ2n) is 12.2. The number of nitriles is 1. The lowest BCUT2D eigenvalue weighted by Gasteiger charge is -2.43. The summed E-state index contributed by atoms with van der Waals surface area (Å²) in [5.74, 6) is 0. The summed E-state index contributed by atoms with van der Waals surface area (Å²) < 4.78 is 0. The van der Waals surface area contributed by atoms with E-state index in [1.807, 2.05) is 30.5 Å². The highest BCUT2D eigenvalue weighted by Crippen LogP contribution is 2.59. The quantitative estimate of drug-likeness (QED) is 0.190. The molecule has 218 valence electrons. The monoisotopic (exact) mass is 596 g/mol. The highest BCUT2D eigenvalue weighted by molar-refractivity contribution is 6.21. The number of hydrogen-bond donors (Lipinski definition) is 0. The van der Waals surface area contributed by atoms with Crippen LogP contribution in [-0.2, 0) is 5.41 Å². The summed E-state index contributed by atoms with van der Waals surface area (Å²) in [6.07, 6.45) is 1.86. The number of pyridine rings is 1. The second kappa shape index (κ2) is 10.7. The molecule has 47 heavy (non-hydrogen) atoms. The number of fused-ring (bicyclic) bond motifs is 4. The Morgan fingerprint density at radius 3 is 1.83 bits per heavy atom. The average Bonchev–Trinajstić information content (AvgIpc) is 3.16. The summed E-state index contributed by atoms with van der Waals surface area (Å²) >= 11 is 0. The van der Waals surface area contributed by atoms with Crippen LogP contribution in [-0.4, -0.2) is 4.98 Å². The maximum absolute atomic E-state index is 9.57. The van der Waals surface area contributed by atoms with E-state index >= 15 is 0 Å². The summed E-state index contributed by atoms with van der Waals surface area (Å²) in [6.45, 7) is 0.